The molecule has 0 saturated carbocycles. The molecule has 0 bridgehead atoms. The van der Waals surface area contributed by atoms with Crippen LogP contribution in [0.25, 0.3) is 0 Å². The number of nitrogens with one attached hydrogen (secondary N) is 1. The van der Waals surface area contributed by atoms with Gasteiger partial charge in [-0.05, 0) is 38.0 Å². The van der Waals surface area contributed by atoms with Gasteiger partial charge in [0, 0.05) is 12.1 Å². The molecule has 0 aliphatic rings. The van der Waals surface area contributed by atoms with E-state index >= 15 is 0 Å². The maximum absolute atomic E-state index is 11.7. The highest BCUT2D eigenvalue weighted by Crippen LogP contribution is 2.09. The Labute approximate surface area is 96.5 Å². The molecule has 0 radical (unpaired) electrons. The van der Waals surface area contributed by atoms with Crippen LogP contribution < -0.4 is 5.32 Å². The number of aliphatic hydroxyl groups is 1. The number of carbonyl (C=O) groups is 1. The van der Waals surface area contributed by atoms with Gasteiger partial charge in [0.2, 0.25) is 0 Å². The fraction of sp³-hybridized carbons (Fsp3) is 0.462. The van der Waals surface area contributed by atoms with Gasteiger partial charge in [0.25, 0.3) is 0 Å². The number of Topliss-reactive ketones (excluding diaryl/α,β-unsaturated/α-hetero) is 1. The predicted molar refractivity (Wildman–Crippen MR) is 64.8 cm³/mol. The molecule has 88 valence electrons. The Morgan fingerprint density at radius 3 is 2.62 bits per heavy atom. The zero-order valence-electron chi connectivity index (χ0n) is 10.1. The van der Waals surface area contributed by atoms with Crippen molar-refractivity contribution in [3.05, 3.63) is 34.9 Å². The first-order chi connectivity index (χ1) is 7.50. The molecule has 0 spiro atoms. The molecule has 3 nitrogen and oxygen atoms in total. The molecule has 1 aromatic carbocycles. The van der Waals surface area contributed by atoms with Crippen molar-refractivity contribution in [2.24, 2.45) is 0 Å². The fourth-order valence-electron chi connectivity index (χ4n) is 1.41. The molecule has 0 fully saturated rings. The molecule has 0 aliphatic carbocycles. The van der Waals surface area contributed by atoms with Gasteiger partial charge in [-0.3, -0.25) is 4.79 Å². The molecule has 0 amide bonds. The molecular formula is C13H19NO2. The third kappa shape index (κ3) is 3.76. The summed E-state index contributed by atoms with van der Waals surface area (Å²) in [5.41, 5.74) is 3.04. The van der Waals surface area contributed by atoms with Crippen molar-refractivity contribution in [2.45, 2.75) is 26.9 Å². The van der Waals surface area contributed by atoms with E-state index in [-0.39, 0.29) is 12.3 Å². The van der Waals surface area contributed by atoms with Gasteiger partial charge in [0.05, 0.1) is 12.6 Å². The van der Waals surface area contributed by atoms with Gasteiger partial charge in [-0.2, -0.15) is 0 Å². The first kappa shape index (κ1) is 12.9. The van der Waals surface area contributed by atoms with Crippen molar-refractivity contribution in [3.8, 4) is 0 Å². The molecule has 3 heteroatoms. The van der Waals surface area contributed by atoms with Crippen molar-refractivity contribution in [2.75, 3.05) is 13.1 Å². The largest absolute Gasteiger partial charge is 0.392 e. The molecule has 16 heavy (non-hydrogen) atoms. The van der Waals surface area contributed by atoms with Crippen molar-refractivity contribution in [1.29, 1.82) is 0 Å². The molecular weight excluding hydrogens is 202 g/mol. The Morgan fingerprint density at radius 2 is 2.06 bits per heavy atom. The minimum absolute atomic E-state index is 0.0590. The van der Waals surface area contributed by atoms with E-state index in [0.29, 0.717) is 6.54 Å². The molecule has 0 aliphatic heterocycles. The van der Waals surface area contributed by atoms with Gasteiger partial charge in [-0.15, -0.1) is 0 Å². The summed E-state index contributed by atoms with van der Waals surface area (Å²) in [6.07, 6.45) is -0.424. The minimum atomic E-state index is -0.424. The lowest BCUT2D eigenvalue weighted by atomic mass is 10.0. The Hall–Kier alpha value is -1.19. The Kier molecular flexibility index (Phi) is 4.65. The number of ketones is 1. The highest BCUT2D eigenvalue weighted by atomic mass is 16.3. The fourth-order valence-corrected chi connectivity index (χ4v) is 1.41. The van der Waals surface area contributed by atoms with E-state index in [1.165, 1.54) is 5.56 Å². The highest BCUT2D eigenvalue weighted by Gasteiger charge is 2.06. The smallest absolute Gasteiger partial charge is 0.176 e. The second-order valence-electron chi connectivity index (χ2n) is 4.20. The first-order valence-electron chi connectivity index (χ1n) is 5.50. The summed E-state index contributed by atoms with van der Waals surface area (Å²) < 4.78 is 0. The normalized spacial score (nSPS) is 12.5. The van der Waals surface area contributed by atoms with Crippen LogP contribution in [0.4, 0.5) is 0 Å². The van der Waals surface area contributed by atoms with E-state index in [2.05, 4.69) is 5.32 Å². The number of benzene rings is 1. The summed E-state index contributed by atoms with van der Waals surface area (Å²) in [6.45, 7) is 6.42. The van der Waals surface area contributed by atoms with Crippen molar-refractivity contribution in [1.82, 2.24) is 5.32 Å². The van der Waals surface area contributed by atoms with Gasteiger partial charge >= 0.3 is 0 Å². The summed E-state index contributed by atoms with van der Waals surface area (Å²) in [5.74, 6) is 0.0590. The average molecular weight is 221 g/mol. The Bertz CT molecular complexity index is 372. The van der Waals surface area contributed by atoms with Gasteiger partial charge in [-0.1, -0.05) is 12.1 Å². The summed E-state index contributed by atoms with van der Waals surface area (Å²) in [6, 6.07) is 5.70. The predicted octanol–water partition coefficient (Wildman–Crippen LogP) is 1.46. The maximum Gasteiger partial charge on any atom is 0.176 e. The van der Waals surface area contributed by atoms with Crippen LogP contribution in [0.3, 0.4) is 0 Å². The third-order valence-corrected chi connectivity index (χ3v) is 2.55. The van der Waals surface area contributed by atoms with Gasteiger partial charge in [0.1, 0.15) is 0 Å². The lowest BCUT2D eigenvalue weighted by Crippen LogP contribution is -2.29. The average Bonchev–Trinajstić information content (AvgIpc) is 2.21. The summed E-state index contributed by atoms with van der Waals surface area (Å²) in [5, 5.41) is 12.0. The topological polar surface area (TPSA) is 49.3 Å². The molecule has 0 aromatic heterocycles. The lowest BCUT2D eigenvalue weighted by Gasteiger charge is -2.07. The van der Waals surface area contributed by atoms with Crippen LogP contribution in [0.15, 0.2) is 18.2 Å². The molecule has 1 unspecified atom stereocenters. The van der Waals surface area contributed by atoms with Gasteiger partial charge < -0.3 is 10.4 Å². The number of hydrogen-bond donors (Lipinski definition) is 2. The summed E-state index contributed by atoms with van der Waals surface area (Å²) in [7, 11) is 0. The standard InChI is InChI=1S/C13H19NO2/c1-9-4-5-12(6-10(9)2)13(16)8-14-7-11(3)15/h4-6,11,14-15H,7-8H2,1-3H3. The van der Waals surface area contributed by atoms with Crippen molar-refractivity contribution in [3.63, 3.8) is 0 Å². The van der Waals surface area contributed by atoms with E-state index < -0.39 is 6.10 Å². The van der Waals surface area contributed by atoms with E-state index in [4.69, 9.17) is 5.11 Å². The van der Waals surface area contributed by atoms with E-state index in [1.807, 2.05) is 32.0 Å². The van der Waals surface area contributed by atoms with Crippen LogP contribution in [-0.2, 0) is 0 Å². The van der Waals surface area contributed by atoms with Crippen LogP contribution in [0, 0.1) is 13.8 Å². The Balaban J connectivity index is 2.56. The van der Waals surface area contributed by atoms with E-state index in [0.717, 1.165) is 11.1 Å². The Morgan fingerprint density at radius 1 is 1.38 bits per heavy atom. The first-order valence-corrected chi connectivity index (χ1v) is 5.50. The summed E-state index contributed by atoms with van der Waals surface area (Å²) >= 11 is 0. The second-order valence-corrected chi connectivity index (χ2v) is 4.20. The third-order valence-electron chi connectivity index (χ3n) is 2.55. The van der Waals surface area contributed by atoms with Gasteiger partial charge in [-0.25, -0.2) is 0 Å². The SMILES string of the molecule is Cc1ccc(C(=O)CNCC(C)O)cc1C. The second kappa shape index (κ2) is 5.77. The lowest BCUT2D eigenvalue weighted by molar-refractivity contribution is 0.0985. The number of carbonyl (C=O) groups excluding carboxylic acids is 1. The number of aliphatic hydroxyl groups excluding tert-OH is 1. The highest BCUT2D eigenvalue weighted by molar-refractivity contribution is 5.97. The van der Waals surface area contributed by atoms with Crippen LogP contribution >= 0.6 is 0 Å². The quantitative estimate of drug-likeness (QED) is 0.740. The van der Waals surface area contributed by atoms with Crippen LogP contribution in [0.1, 0.15) is 28.4 Å². The molecule has 0 saturated heterocycles. The molecule has 1 atom stereocenters. The maximum atomic E-state index is 11.7. The van der Waals surface area contributed by atoms with Gasteiger partial charge in [0.15, 0.2) is 5.78 Å². The number of hydrogen-bond acceptors (Lipinski definition) is 3. The van der Waals surface area contributed by atoms with Crippen LogP contribution in [0.5, 0.6) is 0 Å². The molecule has 2 N–H and O–H groups in total. The number of rotatable bonds is 5. The molecule has 1 aromatic rings. The van der Waals surface area contributed by atoms with Crippen LogP contribution in [0.2, 0.25) is 0 Å². The zero-order valence-corrected chi connectivity index (χ0v) is 10.1. The molecule has 0 heterocycles. The van der Waals surface area contributed by atoms with E-state index in [1.54, 1.807) is 6.92 Å². The van der Waals surface area contributed by atoms with Crippen LogP contribution in [-0.4, -0.2) is 30.1 Å². The minimum Gasteiger partial charge on any atom is -0.392 e. The zero-order chi connectivity index (χ0) is 12.1. The van der Waals surface area contributed by atoms with Crippen molar-refractivity contribution >= 4 is 5.78 Å². The number of aryl methyl sites for hydroxylation is 2. The van der Waals surface area contributed by atoms with Crippen molar-refractivity contribution < 1.29 is 9.90 Å². The summed E-state index contributed by atoms with van der Waals surface area (Å²) in [4.78, 5) is 11.7. The molecule has 1 rings (SSSR count). The van der Waals surface area contributed by atoms with E-state index in [9.17, 15) is 4.79 Å². The monoisotopic (exact) mass is 221 g/mol.